The smallest absolute Gasteiger partial charge is 0.310 e. The monoisotopic (exact) mass is 480 g/mol. The van der Waals surface area contributed by atoms with Gasteiger partial charge in [-0.2, -0.15) is 0 Å². The van der Waals surface area contributed by atoms with E-state index in [0.717, 1.165) is 0 Å². The fourth-order valence-electron chi connectivity index (χ4n) is 4.19. The second-order valence-electron chi connectivity index (χ2n) is 8.41. The van der Waals surface area contributed by atoms with Crippen molar-refractivity contribution < 1.29 is 33.4 Å². The molecule has 184 valence electrons. The van der Waals surface area contributed by atoms with Crippen LogP contribution in [0.4, 0.5) is 5.69 Å². The summed E-state index contributed by atoms with van der Waals surface area (Å²) in [5.74, 6) is -0.602. The molecule has 2 aromatic carbocycles. The van der Waals surface area contributed by atoms with Gasteiger partial charge in [-0.1, -0.05) is 18.2 Å². The average Bonchev–Trinajstić information content (AvgIpc) is 2.89. The summed E-state index contributed by atoms with van der Waals surface area (Å²) in [6, 6.07) is 13.8. The normalized spacial score (nSPS) is 17.3. The van der Waals surface area contributed by atoms with Crippen molar-refractivity contribution >= 4 is 29.3 Å². The van der Waals surface area contributed by atoms with E-state index in [1.54, 1.807) is 42.2 Å². The molecule has 0 radical (unpaired) electrons. The molecule has 0 N–H and O–H groups in total. The van der Waals surface area contributed by atoms with Crippen molar-refractivity contribution in [3.63, 3.8) is 0 Å². The van der Waals surface area contributed by atoms with E-state index < -0.39 is 0 Å². The quantitative estimate of drug-likeness (QED) is 0.422. The van der Waals surface area contributed by atoms with Crippen molar-refractivity contribution in [1.82, 2.24) is 4.90 Å². The molecule has 0 aliphatic carbocycles. The Hall–Kier alpha value is -3.88. The molecule has 1 fully saturated rings. The second kappa shape index (κ2) is 11.0. The zero-order valence-electron chi connectivity index (χ0n) is 19.6. The number of anilines is 1. The van der Waals surface area contributed by atoms with Crippen molar-refractivity contribution in [3.8, 4) is 11.5 Å². The highest BCUT2D eigenvalue weighted by molar-refractivity contribution is 6.04. The molecule has 35 heavy (non-hydrogen) atoms. The maximum absolute atomic E-state index is 13.1. The van der Waals surface area contributed by atoms with Gasteiger partial charge in [-0.25, -0.2) is 0 Å². The van der Waals surface area contributed by atoms with Gasteiger partial charge in [-0.15, -0.1) is 0 Å². The molecule has 1 atom stereocenters. The van der Waals surface area contributed by atoms with E-state index in [0.29, 0.717) is 48.7 Å². The van der Waals surface area contributed by atoms with Crippen molar-refractivity contribution in [2.75, 3.05) is 44.4 Å². The number of para-hydroxylation sites is 1. The number of esters is 1. The van der Waals surface area contributed by atoms with Gasteiger partial charge in [0.25, 0.3) is 5.91 Å². The summed E-state index contributed by atoms with van der Waals surface area (Å²) in [6.07, 6.45) is 1.35. The minimum absolute atomic E-state index is 0.167. The summed E-state index contributed by atoms with van der Waals surface area (Å²) >= 11 is 0. The van der Waals surface area contributed by atoms with Crippen LogP contribution in [0.2, 0.25) is 0 Å². The number of ketones is 1. The first kappa shape index (κ1) is 24.3. The Kier molecular flexibility index (Phi) is 7.64. The molecule has 2 heterocycles. The molecule has 9 nitrogen and oxygen atoms in total. The van der Waals surface area contributed by atoms with Gasteiger partial charge in [-0.05, 0) is 50.1 Å². The Bertz CT molecular complexity index is 1100. The molecule has 2 aliphatic heterocycles. The first-order valence-electron chi connectivity index (χ1n) is 11.7. The van der Waals surface area contributed by atoms with E-state index >= 15 is 0 Å². The third-order valence-electron chi connectivity index (χ3n) is 6.02. The maximum Gasteiger partial charge on any atom is 0.310 e. The number of amides is 2. The largest absolute Gasteiger partial charge is 0.485 e. The minimum atomic E-state index is -0.380. The molecule has 0 bridgehead atoms. The number of carbonyl (C=O) groups is 4. The number of piperidine rings is 1. The molecular formula is C26H28N2O7. The summed E-state index contributed by atoms with van der Waals surface area (Å²) in [5.41, 5.74) is 0.704. The van der Waals surface area contributed by atoms with E-state index in [2.05, 4.69) is 0 Å². The van der Waals surface area contributed by atoms with Crippen LogP contribution >= 0.6 is 0 Å². The molecule has 1 saturated heterocycles. The summed E-state index contributed by atoms with van der Waals surface area (Å²) in [6.45, 7) is 2.24. The van der Waals surface area contributed by atoms with E-state index in [4.69, 9.17) is 14.2 Å². The summed E-state index contributed by atoms with van der Waals surface area (Å²) in [4.78, 5) is 53.5. The number of nitrogens with zero attached hydrogens (tertiary/aromatic N) is 2. The minimum Gasteiger partial charge on any atom is -0.485 e. The topological polar surface area (TPSA) is 102 Å². The van der Waals surface area contributed by atoms with Gasteiger partial charge in [0.1, 0.15) is 18.0 Å². The van der Waals surface area contributed by atoms with E-state index in [9.17, 15) is 19.2 Å². The molecule has 1 unspecified atom stereocenters. The van der Waals surface area contributed by atoms with Crippen LogP contribution in [0.3, 0.4) is 0 Å². The number of carbonyl (C=O) groups excluding carboxylic acids is 4. The third kappa shape index (κ3) is 5.79. The van der Waals surface area contributed by atoms with Crippen molar-refractivity contribution in [2.24, 2.45) is 5.92 Å². The molecule has 0 saturated carbocycles. The Morgan fingerprint density at radius 2 is 1.91 bits per heavy atom. The van der Waals surface area contributed by atoms with Crippen LogP contribution in [-0.4, -0.2) is 67.9 Å². The molecule has 2 amide bonds. The van der Waals surface area contributed by atoms with Crippen molar-refractivity contribution in [1.29, 1.82) is 0 Å². The zero-order valence-corrected chi connectivity index (χ0v) is 19.6. The molecular weight excluding hydrogens is 452 g/mol. The fraction of sp³-hybridized carbons (Fsp3) is 0.385. The van der Waals surface area contributed by atoms with Crippen molar-refractivity contribution in [3.05, 3.63) is 54.1 Å². The number of hydrogen-bond acceptors (Lipinski definition) is 7. The van der Waals surface area contributed by atoms with E-state index in [-0.39, 0.29) is 55.8 Å². The Morgan fingerprint density at radius 1 is 1.11 bits per heavy atom. The molecule has 0 spiro atoms. The Labute approximate surface area is 203 Å². The van der Waals surface area contributed by atoms with Crippen LogP contribution < -0.4 is 14.4 Å². The van der Waals surface area contributed by atoms with Gasteiger partial charge in [0.2, 0.25) is 5.91 Å². The van der Waals surface area contributed by atoms with Gasteiger partial charge < -0.3 is 19.1 Å². The Balaban J connectivity index is 1.45. The van der Waals surface area contributed by atoms with Gasteiger partial charge in [0, 0.05) is 18.7 Å². The predicted molar refractivity (Wildman–Crippen MR) is 126 cm³/mol. The van der Waals surface area contributed by atoms with Crippen LogP contribution in [-0.2, 0) is 19.1 Å². The lowest BCUT2D eigenvalue weighted by Gasteiger charge is -2.34. The Morgan fingerprint density at radius 3 is 2.69 bits per heavy atom. The average molecular weight is 481 g/mol. The number of hydrogen-bond donors (Lipinski definition) is 0. The summed E-state index contributed by atoms with van der Waals surface area (Å²) in [5, 5.41) is 0. The summed E-state index contributed by atoms with van der Waals surface area (Å²) in [7, 11) is 0. The van der Waals surface area contributed by atoms with Gasteiger partial charge in [0.05, 0.1) is 18.2 Å². The fourth-order valence-corrected chi connectivity index (χ4v) is 4.19. The highest BCUT2D eigenvalue weighted by Crippen LogP contribution is 2.33. The van der Waals surface area contributed by atoms with Crippen molar-refractivity contribution in [2.45, 2.75) is 19.8 Å². The van der Waals surface area contributed by atoms with E-state index in [1.807, 2.05) is 18.2 Å². The molecule has 2 aliphatic rings. The number of Topliss-reactive ketones (excluding diaryl/α,β-unsaturated/α-hetero) is 1. The number of benzene rings is 2. The standard InChI is InChI=1S/C26H28N2O7/c1-2-33-26(32)19-7-6-12-27(14-19)24(30)15-28-21-13-18(10-11-23(21)35-17-25(28)31)22(29)16-34-20-8-4-3-5-9-20/h3-5,8-11,13,19H,2,6-7,12,14-17H2,1H3. The third-order valence-corrected chi connectivity index (χ3v) is 6.02. The van der Waals surface area contributed by atoms with Crippen LogP contribution in [0.25, 0.3) is 0 Å². The zero-order chi connectivity index (χ0) is 24.8. The van der Waals surface area contributed by atoms with Gasteiger partial charge in [0.15, 0.2) is 19.0 Å². The lowest BCUT2D eigenvalue weighted by Crippen LogP contribution is -2.49. The predicted octanol–water partition coefficient (Wildman–Crippen LogP) is 2.48. The number of fused-ring (bicyclic) bond motifs is 1. The van der Waals surface area contributed by atoms with Gasteiger partial charge in [-0.3, -0.25) is 24.1 Å². The number of ether oxygens (including phenoxy) is 3. The summed E-state index contributed by atoms with van der Waals surface area (Å²) < 4.78 is 16.2. The number of rotatable bonds is 8. The highest BCUT2D eigenvalue weighted by Gasteiger charge is 2.33. The molecule has 2 aromatic rings. The lowest BCUT2D eigenvalue weighted by molar-refractivity contribution is -0.151. The molecule has 0 aromatic heterocycles. The van der Waals surface area contributed by atoms with E-state index in [1.165, 1.54) is 4.90 Å². The first-order valence-corrected chi connectivity index (χ1v) is 11.7. The lowest BCUT2D eigenvalue weighted by atomic mass is 9.98. The van der Waals surface area contributed by atoms with Crippen LogP contribution in [0.5, 0.6) is 11.5 Å². The van der Waals surface area contributed by atoms with Gasteiger partial charge >= 0.3 is 5.97 Å². The van der Waals surface area contributed by atoms with Crippen LogP contribution in [0.15, 0.2) is 48.5 Å². The number of likely N-dealkylation sites (tertiary alicyclic amines) is 1. The van der Waals surface area contributed by atoms with Crippen LogP contribution in [0.1, 0.15) is 30.1 Å². The first-order chi connectivity index (χ1) is 17.0. The SMILES string of the molecule is CCOC(=O)C1CCCN(C(=O)CN2C(=O)COc3ccc(C(=O)COc4ccccc4)cc32)C1. The molecule has 4 rings (SSSR count). The highest BCUT2D eigenvalue weighted by atomic mass is 16.5. The maximum atomic E-state index is 13.1. The second-order valence-corrected chi connectivity index (χ2v) is 8.41. The van der Waals surface area contributed by atoms with Crippen LogP contribution in [0, 0.1) is 5.92 Å². The molecule has 9 heteroatoms.